The summed E-state index contributed by atoms with van der Waals surface area (Å²) < 4.78 is 12.5. The highest BCUT2D eigenvalue weighted by atomic mass is 19.1. The van der Waals surface area contributed by atoms with Crippen LogP contribution in [0.4, 0.5) is 4.39 Å². The van der Waals surface area contributed by atoms with Gasteiger partial charge in [0.1, 0.15) is 5.83 Å². The summed E-state index contributed by atoms with van der Waals surface area (Å²) in [6.07, 6.45) is 3.94. The molecule has 0 bridgehead atoms. The first-order chi connectivity index (χ1) is 6.15. The monoisotopic (exact) mass is 183 g/mol. The van der Waals surface area contributed by atoms with E-state index in [2.05, 4.69) is 18.4 Å². The maximum atomic E-state index is 12.5. The summed E-state index contributed by atoms with van der Waals surface area (Å²) in [6.45, 7) is 9.59. The minimum atomic E-state index is -0.333. The molecule has 1 fully saturated rings. The van der Waals surface area contributed by atoms with Gasteiger partial charge in [-0.15, -0.1) is 0 Å². The Bertz CT molecular complexity index is 220. The number of likely N-dealkylation sites (N-methyl/N-ethyl adjacent to an activating group) is 1. The molecule has 0 saturated carbocycles. The predicted octanol–water partition coefficient (Wildman–Crippen LogP) is 2.90. The zero-order chi connectivity index (χ0) is 9.84. The van der Waals surface area contributed by atoms with Crippen molar-refractivity contribution in [3.05, 3.63) is 24.1 Å². The molecule has 0 radical (unpaired) electrons. The van der Waals surface area contributed by atoms with E-state index in [1.165, 1.54) is 6.42 Å². The Morgan fingerprint density at radius 3 is 2.92 bits per heavy atom. The smallest absolute Gasteiger partial charge is 0.116 e. The minimum absolute atomic E-state index is 0.333. The van der Waals surface area contributed by atoms with Crippen molar-refractivity contribution in [2.24, 2.45) is 0 Å². The predicted molar refractivity (Wildman–Crippen MR) is 54.3 cm³/mol. The second kappa shape index (κ2) is 4.56. The number of nitrogens with zero attached hydrogens (tertiary/aromatic N) is 1. The first-order valence-electron chi connectivity index (χ1n) is 4.91. The fraction of sp³-hybridized carbons (Fsp3) is 0.636. The van der Waals surface area contributed by atoms with E-state index in [0.29, 0.717) is 6.04 Å². The van der Waals surface area contributed by atoms with Gasteiger partial charge >= 0.3 is 0 Å². The van der Waals surface area contributed by atoms with Gasteiger partial charge in [0.15, 0.2) is 0 Å². The molecular weight excluding hydrogens is 165 g/mol. The third-order valence-electron chi connectivity index (χ3n) is 2.68. The van der Waals surface area contributed by atoms with Crippen LogP contribution in [0.2, 0.25) is 0 Å². The summed E-state index contributed by atoms with van der Waals surface area (Å²) >= 11 is 0. The number of allylic oxidation sites excluding steroid dienone is 2. The van der Waals surface area contributed by atoms with Crippen LogP contribution in [0.3, 0.4) is 0 Å². The Morgan fingerprint density at radius 2 is 2.38 bits per heavy atom. The van der Waals surface area contributed by atoms with E-state index in [9.17, 15) is 4.39 Å². The lowest BCUT2D eigenvalue weighted by Crippen LogP contribution is -2.29. The summed E-state index contributed by atoms with van der Waals surface area (Å²) in [5.41, 5.74) is 1.10. The third-order valence-corrected chi connectivity index (χ3v) is 2.68. The average Bonchev–Trinajstić information content (AvgIpc) is 2.49. The van der Waals surface area contributed by atoms with Crippen LogP contribution in [-0.2, 0) is 0 Å². The largest absolute Gasteiger partial charge is 0.297 e. The molecule has 0 aliphatic carbocycles. The Morgan fingerprint density at radius 1 is 1.69 bits per heavy atom. The van der Waals surface area contributed by atoms with E-state index in [-0.39, 0.29) is 5.83 Å². The van der Waals surface area contributed by atoms with Gasteiger partial charge in [0, 0.05) is 6.04 Å². The van der Waals surface area contributed by atoms with Crippen molar-refractivity contribution in [3.63, 3.8) is 0 Å². The lowest BCUT2D eigenvalue weighted by molar-refractivity contribution is 0.296. The standard InChI is InChI=1S/C11H18FN/c1-4-13-7-5-6-11(13)9(2)8-10(3)12/h8,11H,3-7H2,1-2H3. The molecule has 1 saturated heterocycles. The van der Waals surface area contributed by atoms with E-state index >= 15 is 0 Å². The normalized spacial score (nSPS) is 25.2. The van der Waals surface area contributed by atoms with Gasteiger partial charge in [-0.25, -0.2) is 4.39 Å². The summed E-state index contributed by atoms with van der Waals surface area (Å²) in [7, 11) is 0. The molecule has 1 unspecified atom stereocenters. The van der Waals surface area contributed by atoms with Gasteiger partial charge in [0.2, 0.25) is 0 Å². The molecule has 2 heteroatoms. The molecule has 1 atom stereocenters. The van der Waals surface area contributed by atoms with Crippen LogP contribution in [0, 0.1) is 0 Å². The van der Waals surface area contributed by atoms with E-state index in [1.54, 1.807) is 6.08 Å². The van der Waals surface area contributed by atoms with Gasteiger partial charge in [-0.05, 0) is 38.9 Å². The third kappa shape index (κ3) is 2.66. The molecule has 0 aromatic rings. The molecule has 1 rings (SSSR count). The number of likely N-dealkylation sites (tertiary alicyclic amines) is 1. The number of rotatable bonds is 3. The first kappa shape index (κ1) is 10.5. The van der Waals surface area contributed by atoms with Gasteiger partial charge < -0.3 is 0 Å². The SMILES string of the molecule is C=C(F)C=C(C)C1CCCN1CC. The molecule has 0 spiro atoms. The van der Waals surface area contributed by atoms with E-state index in [0.717, 1.165) is 25.1 Å². The van der Waals surface area contributed by atoms with Crippen molar-refractivity contribution in [2.75, 3.05) is 13.1 Å². The van der Waals surface area contributed by atoms with Crippen molar-refractivity contribution < 1.29 is 4.39 Å². The van der Waals surface area contributed by atoms with Crippen molar-refractivity contribution in [1.29, 1.82) is 0 Å². The quantitative estimate of drug-likeness (QED) is 0.608. The van der Waals surface area contributed by atoms with Crippen molar-refractivity contribution >= 4 is 0 Å². The van der Waals surface area contributed by atoms with E-state index < -0.39 is 0 Å². The van der Waals surface area contributed by atoms with Crippen molar-refractivity contribution in [1.82, 2.24) is 4.90 Å². The van der Waals surface area contributed by atoms with Crippen LogP contribution >= 0.6 is 0 Å². The number of hydrogen-bond acceptors (Lipinski definition) is 1. The molecule has 13 heavy (non-hydrogen) atoms. The molecule has 0 aromatic heterocycles. The Balaban J connectivity index is 2.64. The highest BCUT2D eigenvalue weighted by Crippen LogP contribution is 2.23. The highest BCUT2D eigenvalue weighted by molar-refractivity contribution is 5.19. The Kier molecular flexibility index (Phi) is 3.67. The topological polar surface area (TPSA) is 3.24 Å². The fourth-order valence-electron chi connectivity index (χ4n) is 2.06. The van der Waals surface area contributed by atoms with Gasteiger partial charge in [0.25, 0.3) is 0 Å². The van der Waals surface area contributed by atoms with E-state index in [1.807, 2.05) is 6.92 Å². The lowest BCUT2D eigenvalue weighted by Gasteiger charge is -2.23. The first-order valence-corrected chi connectivity index (χ1v) is 4.91. The number of hydrogen-bond donors (Lipinski definition) is 0. The average molecular weight is 183 g/mol. The van der Waals surface area contributed by atoms with Crippen LogP contribution in [0.25, 0.3) is 0 Å². The van der Waals surface area contributed by atoms with Gasteiger partial charge in [-0.2, -0.15) is 0 Å². The van der Waals surface area contributed by atoms with Gasteiger partial charge in [-0.3, -0.25) is 4.90 Å². The molecule has 74 valence electrons. The molecule has 1 aliphatic heterocycles. The maximum Gasteiger partial charge on any atom is 0.116 e. The molecule has 1 nitrogen and oxygen atoms in total. The van der Waals surface area contributed by atoms with Gasteiger partial charge in [0.05, 0.1) is 0 Å². The molecular formula is C11H18FN. The second-order valence-corrected chi connectivity index (χ2v) is 3.62. The summed E-state index contributed by atoms with van der Waals surface area (Å²) in [5, 5.41) is 0. The lowest BCUT2D eigenvalue weighted by atomic mass is 10.1. The zero-order valence-corrected chi connectivity index (χ0v) is 8.52. The van der Waals surface area contributed by atoms with Crippen LogP contribution < -0.4 is 0 Å². The summed E-state index contributed by atoms with van der Waals surface area (Å²) in [5.74, 6) is -0.333. The molecule has 1 heterocycles. The summed E-state index contributed by atoms with van der Waals surface area (Å²) in [6, 6.07) is 0.442. The highest BCUT2D eigenvalue weighted by Gasteiger charge is 2.23. The van der Waals surface area contributed by atoms with Crippen LogP contribution in [0.1, 0.15) is 26.7 Å². The molecule has 0 aromatic carbocycles. The Hall–Kier alpha value is -0.630. The van der Waals surface area contributed by atoms with Crippen LogP contribution in [0.5, 0.6) is 0 Å². The van der Waals surface area contributed by atoms with E-state index in [4.69, 9.17) is 0 Å². The summed E-state index contributed by atoms with van der Waals surface area (Å²) in [4.78, 5) is 2.38. The fourth-order valence-corrected chi connectivity index (χ4v) is 2.06. The van der Waals surface area contributed by atoms with Crippen molar-refractivity contribution in [2.45, 2.75) is 32.7 Å². The van der Waals surface area contributed by atoms with Crippen LogP contribution in [-0.4, -0.2) is 24.0 Å². The zero-order valence-electron chi connectivity index (χ0n) is 8.52. The second-order valence-electron chi connectivity index (χ2n) is 3.62. The molecule has 0 amide bonds. The van der Waals surface area contributed by atoms with Gasteiger partial charge in [-0.1, -0.05) is 19.1 Å². The molecule has 0 N–H and O–H groups in total. The minimum Gasteiger partial charge on any atom is -0.297 e. The number of halogens is 1. The molecule has 1 aliphatic rings. The van der Waals surface area contributed by atoms with Crippen molar-refractivity contribution in [3.8, 4) is 0 Å². The van der Waals surface area contributed by atoms with Crippen LogP contribution in [0.15, 0.2) is 24.1 Å². The Labute approximate surface area is 79.9 Å². The maximum absolute atomic E-state index is 12.5.